The molecule has 2 fully saturated rings. The number of rotatable bonds is 2. The van der Waals surface area contributed by atoms with Crippen molar-refractivity contribution in [1.82, 2.24) is 19.1 Å². The van der Waals surface area contributed by atoms with Crippen LogP contribution in [0.5, 0.6) is 0 Å². The molecule has 0 atom stereocenters. The van der Waals surface area contributed by atoms with E-state index in [2.05, 4.69) is 37.7 Å². The van der Waals surface area contributed by atoms with Gasteiger partial charge in [0.1, 0.15) is 40.3 Å². The van der Waals surface area contributed by atoms with E-state index < -0.39 is 23.2 Å². The van der Waals surface area contributed by atoms with Crippen LogP contribution in [0, 0.1) is 23.5 Å². The van der Waals surface area contributed by atoms with Gasteiger partial charge in [0.15, 0.2) is 0 Å². The molecule has 2 aromatic carbocycles. The Morgan fingerprint density at radius 2 is 1.33 bits per heavy atom. The molecule has 10 rings (SSSR count). The zero-order chi connectivity index (χ0) is 31.9. The van der Waals surface area contributed by atoms with E-state index in [1.54, 1.807) is 44.4 Å². The van der Waals surface area contributed by atoms with Gasteiger partial charge in [-0.25, -0.2) is 18.7 Å². The topological polar surface area (TPSA) is 142 Å². The highest BCUT2D eigenvalue weighted by Crippen LogP contribution is 2.53. The van der Waals surface area contributed by atoms with Crippen molar-refractivity contribution in [2.75, 3.05) is 0 Å². The Morgan fingerprint density at radius 3 is 1.80 bits per heavy atom. The molecule has 2 aromatic heterocycles. The van der Waals surface area contributed by atoms with Gasteiger partial charge in [-0.3, -0.25) is 9.59 Å². The summed E-state index contributed by atoms with van der Waals surface area (Å²) in [6, 6.07) is 7.07. The molecule has 2 aliphatic carbocycles. The second-order valence-electron chi connectivity index (χ2n) is 12.7. The smallest absolute Gasteiger partial charge is 0.268 e. The lowest BCUT2D eigenvalue weighted by atomic mass is 9.75. The molecule has 6 heterocycles. The van der Waals surface area contributed by atoms with Crippen LogP contribution in [-0.2, 0) is 0 Å². The predicted octanol–water partition coefficient (Wildman–Crippen LogP) is 5.33. The van der Waals surface area contributed by atoms with Crippen LogP contribution < -0.4 is 11.5 Å². The van der Waals surface area contributed by atoms with Crippen molar-refractivity contribution in [2.24, 2.45) is 11.5 Å². The van der Waals surface area contributed by atoms with Gasteiger partial charge >= 0.3 is 0 Å². The molecule has 0 saturated heterocycles. The second-order valence-corrected chi connectivity index (χ2v) is 13.5. The summed E-state index contributed by atoms with van der Waals surface area (Å²) in [6.45, 7) is 3.09. The number of imidazole rings is 2. The largest absolute Gasteiger partial charge is 0.378 e. The first-order valence-corrected chi connectivity index (χ1v) is 15.4. The van der Waals surface area contributed by atoms with Crippen LogP contribution in [0.4, 0.5) is 8.78 Å². The fraction of sp³-hybridized carbons (Fsp3) is 0.333. The molecule has 0 spiro atoms. The third-order valence-electron chi connectivity index (χ3n) is 9.08. The highest BCUT2D eigenvalue weighted by molar-refractivity contribution is 9.10. The van der Waals surface area contributed by atoms with Gasteiger partial charge < -0.3 is 25.7 Å². The number of carbonyl (C=O) groups is 2. The first kappa shape index (κ1) is 29.4. The molecular formula is C33H29BrF2N6O3. The second kappa shape index (κ2) is 10.4. The van der Waals surface area contributed by atoms with Crippen molar-refractivity contribution < 1.29 is 23.5 Å². The van der Waals surface area contributed by atoms with Gasteiger partial charge in [0.05, 0.1) is 10.0 Å². The number of nitrogens with two attached hydrogens (primary N) is 2. The third kappa shape index (κ3) is 5.04. The van der Waals surface area contributed by atoms with Crippen LogP contribution in [0.1, 0.15) is 101 Å². The zero-order valence-electron chi connectivity index (χ0n) is 24.4. The highest BCUT2D eigenvalue weighted by atomic mass is 79.9. The lowest BCUT2D eigenvalue weighted by Crippen LogP contribution is -2.22. The summed E-state index contributed by atoms with van der Waals surface area (Å²) >= 11 is 3.22. The summed E-state index contributed by atoms with van der Waals surface area (Å²) in [5.74, 6) is 5.54. The maximum atomic E-state index is 14.5. The molecule has 5 N–H and O–H groups in total. The van der Waals surface area contributed by atoms with Gasteiger partial charge in [0.2, 0.25) is 0 Å². The van der Waals surface area contributed by atoms with E-state index in [0.717, 1.165) is 47.9 Å². The molecule has 9 nitrogen and oxygen atoms in total. The maximum absolute atomic E-state index is 14.5. The van der Waals surface area contributed by atoms with E-state index >= 15 is 0 Å². The van der Waals surface area contributed by atoms with Crippen LogP contribution in [0.3, 0.4) is 0 Å². The Kier molecular flexibility index (Phi) is 6.76. The number of carbonyl (C=O) groups excluding carboxylic acids is 2. The minimum absolute atomic E-state index is 0.204. The molecule has 0 radical (unpaired) electrons. The van der Waals surface area contributed by atoms with Gasteiger partial charge in [-0.1, -0.05) is 11.8 Å². The van der Waals surface area contributed by atoms with Crippen molar-refractivity contribution in [2.45, 2.75) is 69.1 Å². The monoisotopic (exact) mass is 674 g/mol. The van der Waals surface area contributed by atoms with E-state index in [0.29, 0.717) is 28.1 Å². The van der Waals surface area contributed by atoms with E-state index in [4.69, 9.17) is 11.5 Å². The van der Waals surface area contributed by atoms with Crippen LogP contribution in [0.15, 0.2) is 41.1 Å². The number of hydrogen-bond acceptors (Lipinski definition) is 5. The molecule has 45 heavy (non-hydrogen) atoms. The number of aromatic nitrogens is 4. The Hall–Kier alpha value is -4.34. The molecule has 0 unspecified atom stereocenters. The maximum Gasteiger partial charge on any atom is 0.268 e. The standard InChI is InChI=1S/C19H18FN3O2.C14H11BrFN3O/c1-19(2,25)4-3-10-7-14-13(8-15(10)20)11-5-12(6-11)23-9-16(17(21)24)22-18(14)23;15-10-3-9-8(4-11(10)16)6-1-7(2-6)19-5-12(13(17)20)18-14(9)19/h7-9,11-12,25H,5-6H2,1-2H3,(H2,21,24);3-7H,1-2H2,(H2,17,20). The van der Waals surface area contributed by atoms with Crippen molar-refractivity contribution in [1.29, 1.82) is 0 Å². The quantitative estimate of drug-likeness (QED) is 0.247. The molecule has 230 valence electrons. The fourth-order valence-electron chi connectivity index (χ4n) is 6.65. The van der Waals surface area contributed by atoms with Gasteiger partial charge in [-0.15, -0.1) is 0 Å². The third-order valence-corrected chi connectivity index (χ3v) is 9.69. The molecule has 4 bridgehead atoms. The van der Waals surface area contributed by atoms with E-state index in [1.807, 2.05) is 9.13 Å². The fourth-order valence-corrected chi connectivity index (χ4v) is 6.99. The average Bonchev–Trinajstić information content (AvgIpc) is 3.44. The lowest BCUT2D eigenvalue weighted by Gasteiger charge is -2.34. The van der Waals surface area contributed by atoms with Crippen LogP contribution >= 0.6 is 15.9 Å². The normalized spacial score (nSPS) is 21.4. The van der Waals surface area contributed by atoms with Crippen molar-refractivity contribution >= 4 is 27.7 Å². The number of primary amides is 2. The van der Waals surface area contributed by atoms with E-state index in [-0.39, 0.29) is 34.7 Å². The van der Waals surface area contributed by atoms with Gasteiger partial charge in [-0.05, 0) is 103 Å². The molecule has 12 heteroatoms. The number of hydrogen-bond donors (Lipinski definition) is 3. The van der Waals surface area contributed by atoms with Crippen molar-refractivity contribution in [3.05, 3.63) is 80.8 Å². The van der Waals surface area contributed by atoms with Crippen molar-refractivity contribution in [3.63, 3.8) is 0 Å². The first-order chi connectivity index (χ1) is 21.3. The number of nitrogens with zero attached hydrogens (tertiary/aromatic N) is 4. The number of amides is 2. The molecule has 6 aliphatic rings. The van der Waals surface area contributed by atoms with Gasteiger partial charge in [-0.2, -0.15) is 0 Å². The Balaban J connectivity index is 0.000000148. The number of halogens is 3. The molecule has 2 amide bonds. The predicted molar refractivity (Wildman–Crippen MR) is 165 cm³/mol. The van der Waals surface area contributed by atoms with E-state index in [9.17, 15) is 23.5 Å². The van der Waals surface area contributed by atoms with E-state index in [1.165, 1.54) is 6.07 Å². The van der Waals surface area contributed by atoms with Gasteiger partial charge in [0.25, 0.3) is 11.8 Å². The Morgan fingerprint density at radius 1 is 0.867 bits per heavy atom. The number of benzene rings is 2. The first-order valence-electron chi connectivity index (χ1n) is 14.6. The summed E-state index contributed by atoms with van der Waals surface area (Å²) in [7, 11) is 0. The summed E-state index contributed by atoms with van der Waals surface area (Å²) in [5, 5.41) is 9.76. The molecule has 2 saturated carbocycles. The van der Waals surface area contributed by atoms with Gasteiger partial charge in [0, 0.05) is 35.6 Å². The Bertz CT molecular complexity index is 1990. The van der Waals surface area contributed by atoms with Crippen molar-refractivity contribution in [3.8, 4) is 34.6 Å². The molecule has 4 aliphatic heterocycles. The van der Waals surface area contributed by atoms with Crippen LogP contribution in [-0.4, -0.2) is 41.6 Å². The summed E-state index contributed by atoms with van der Waals surface area (Å²) in [5.41, 5.74) is 13.7. The Labute approximate surface area is 265 Å². The average molecular weight is 676 g/mol. The zero-order valence-corrected chi connectivity index (χ0v) is 26.0. The van der Waals surface area contributed by atoms with Crippen LogP contribution in [0.25, 0.3) is 22.8 Å². The summed E-state index contributed by atoms with van der Waals surface area (Å²) < 4.78 is 32.7. The highest BCUT2D eigenvalue weighted by Gasteiger charge is 2.40. The van der Waals surface area contributed by atoms with Crippen LogP contribution in [0.2, 0.25) is 0 Å². The lowest BCUT2D eigenvalue weighted by molar-refractivity contribution is 0.0987. The SMILES string of the molecule is CC(C)(O)C#Cc1cc2c(cc1F)C1CC(C1)n1cc(C(N)=O)nc1-2.NC(=O)c1cn2c(n1)-c1cc(Br)c(F)cc1C1CC2C1. The minimum Gasteiger partial charge on any atom is -0.378 e. The number of aliphatic hydroxyl groups is 1. The summed E-state index contributed by atoms with van der Waals surface area (Å²) in [6.07, 6.45) is 7.08. The molecule has 4 aromatic rings. The summed E-state index contributed by atoms with van der Waals surface area (Å²) in [4.78, 5) is 31.6. The minimum atomic E-state index is -1.21. The molecular weight excluding hydrogens is 646 g/mol.